The van der Waals surface area contributed by atoms with Crippen LogP contribution in [0.4, 0.5) is 0 Å². The molecule has 1 aromatic heterocycles. The number of thiophene rings is 1. The predicted octanol–water partition coefficient (Wildman–Crippen LogP) is 2.93. The quantitative estimate of drug-likeness (QED) is 0.761. The second-order valence-electron chi connectivity index (χ2n) is 7.68. The van der Waals surface area contributed by atoms with Gasteiger partial charge in [-0.05, 0) is 42.7 Å². The molecule has 156 valence electrons. The smallest absolute Gasteiger partial charge is 0.265 e. The molecule has 2 aliphatic heterocycles. The Bertz CT molecular complexity index is 937. The van der Waals surface area contributed by atoms with Crippen molar-refractivity contribution in [1.82, 2.24) is 14.5 Å². The first-order chi connectivity index (χ1) is 14.1. The van der Waals surface area contributed by atoms with Gasteiger partial charge < -0.3 is 10.2 Å². The average Bonchev–Trinajstić information content (AvgIpc) is 3.45. The third-order valence-corrected chi connectivity index (χ3v) is 8.63. The number of carbonyl (C=O) groups is 1. The Morgan fingerprint density at radius 1 is 1.07 bits per heavy atom. The number of likely N-dealkylation sites (tertiary alicyclic amines) is 1. The average molecular weight is 434 g/mol. The second kappa shape index (κ2) is 8.95. The molecule has 1 amide bonds. The van der Waals surface area contributed by atoms with Crippen LogP contribution < -0.4 is 5.32 Å². The number of carbonyl (C=O) groups excluding carboxylic acids is 1. The van der Waals surface area contributed by atoms with Gasteiger partial charge in [0.15, 0.2) is 0 Å². The van der Waals surface area contributed by atoms with Gasteiger partial charge in [0, 0.05) is 38.8 Å². The predicted molar refractivity (Wildman–Crippen MR) is 115 cm³/mol. The zero-order chi connectivity index (χ0) is 20.3. The van der Waals surface area contributed by atoms with E-state index in [2.05, 4.69) is 17.4 Å². The Morgan fingerprint density at radius 2 is 1.83 bits per heavy atom. The zero-order valence-corrected chi connectivity index (χ0v) is 18.1. The number of nitrogens with zero attached hydrogens (tertiary/aromatic N) is 2. The van der Waals surface area contributed by atoms with E-state index in [1.165, 1.54) is 21.2 Å². The third-order valence-electron chi connectivity index (χ3n) is 5.65. The van der Waals surface area contributed by atoms with E-state index >= 15 is 0 Å². The summed E-state index contributed by atoms with van der Waals surface area (Å²) in [5, 5.41) is 5.25. The Balaban J connectivity index is 1.44. The number of amides is 1. The van der Waals surface area contributed by atoms with E-state index in [9.17, 15) is 13.2 Å². The van der Waals surface area contributed by atoms with Crippen LogP contribution in [-0.2, 0) is 16.6 Å². The molecule has 29 heavy (non-hydrogen) atoms. The van der Waals surface area contributed by atoms with Crippen molar-refractivity contribution in [3.8, 4) is 0 Å². The molecule has 0 aliphatic carbocycles. The maximum Gasteiger partial charge on any atom is 0.265 e. The van der Waals surface area contributed by atoms with Crippen molar-refractivity contribution in [3.63, 3.8) is 0 Å². The Labute approximate surface area is 176 Å². The van der Waals surface area contributed by atoms with Gasteiger partial charge in [-0.15, -0.1) is 11.3 Å². The maximum atomic E-state index is 13.2. The minimum atomic E-state index is -3.59. The van der Waals surface area contributed by atoms with E-state index in [0.29, 0.717) is 31.1 Å². The molecule has 1 N–H and O–H groups in total. The molecule has 8 heteroatoms. The van der Waals surface area contributed by atoms with Crippen molar-refractivity contribution >= 4 is 27.3 Å². The van der Waals surface area contributed by atoms with Crippen LogP contribution in [0, 0.1) is 0 Å². The molecule has 0 radical (unpaired) electrons. The Kier molecular flexibility index (Phi) is 6.34. The van der Waals surface area contributed by atoms with Crippen LogP contribution in [0.25, 0.3) is 0 Å². The van der Waals surface area contributed by atoms with Gasteiger partial charge in [-0.25, -0.2) is 8.42 Å². The van der Waals surface area contributed by atoms with Crippen molar-refractivity contribution < 1.29 is 13.2 Å². The topological polar surface area (TPSA) is 69.7 Å². The van der Waals surface area contributed by atoms with E-state index < -0.39 is 10.0 Å². The monoisotopic (exact) mass is 433 g/mol. The summed E-state index contributed by atoms with van der Waals surface area (Å²) in [6, 6.07) is 12.0. The normalized spacial score (nSPS) is 20.8. The number of hydrogen-bond donors (Lipinski definition) is 1. The molecule has 6 nitrogen and oxygen atoms in total. The van der Waals surface area contributed by atoms with Gasteiger partial charge >= 0.3 is 0 Å². The number of nitrogens with one attached hydrogen (secondary N) is 1. The van der Waals surface area contributed by atoms with Gasteiger partial charge in [0.25, 0.3) is 5.91 Å². The van der Waals surface area contributed by atoms with Crippen LogP contribution in [0.2, 0.25) is 0 Å². The van der Waals surface area contributed by atoms with Crippen molar-refractivity contribution in [2.24, 2.45) is 0 Å². The summed E-state index contributed by atoms with van der Waals surface area (Å²) < 4.78 is 27.5. The summed E-state index contributed by atoms with van der Waals surface area (Å²) in [6.45, 7) is 3.12. The highest BCUT2D eigenvalue weighted by Crippen LogP contribution is 2.29. The van der Waals surface area contributed by atoms with E-state index in [1.54, 1.807) is 16.3 Å². The molecular formula is C21H27N3O3S2. The Morgan fingerprint density at radius 3 is 2.59 bits per heavy atom. The molecule has 1 unspecified atom stereocenters. The largest absolute Gasteiger partial charge is 0.336 e. The first-order valence-corrected chi connectivity index (χ1v) is 12.5. The first-order valence-electron chi connectivity index (χ1n) is 10.2. The minimum Gasteiger partial charge on any atom is -0.336 e. The number of piperidine rings is 1. The highest BCUT2D eigenvalue weighted by molar-refractivity contribution is 7.89. The highest BCUT2D eigenvalue weighted by Gasteiger charge is 2.34. The maximum absolute atomic E-state index is 13.2. The molecule has 2 saturated heterocycles. The molecule has 2 fully saturated rings. The summed E-state index contributed by atoms with van der Waals surface area (Å²) in [6.07, 6.45) is 3.69. The van der Waals surface area contributed by atoms with E-state index in [1.807, 2.05) is 18.2 Å². The van der Waals surface area contributed by atoms with Crippen LogP contribution in [0.1, 0.15) is 40.9 Å². The van der Waals surface area contributed by atoms with E-state index in [4.69, 9.17) is 0 Å². The zero-order valence-electron chi connectivity index (χ0n) is 16.4. The first kappa shape index (κ1) is 20.5. The number of benzene rings is 1. The molecule has 0 saturated carbocycles. The van der Waals surface area contributed by atoms with Crippen LogP contribution in [0.3, 0.4) is 0 Å². The van der Waals surface area contributed by atoms with E-state index in [-0.39, 0.29) is 16.8 Å². The summed E-state index contributed by atoms with van der Waals surface area (Å²) >= 11 is 1.23. The molecular weight excluding hydrogens is 406 g/mol. The number of rotatable bonds is 6. The fourth-order valence-corrected chi connectivity index (χ4v) is 6.93. The summed E-state index contributed by atoms with van der Waals surface area (Å²) in [4.78, 5) is 15.5. The molecule has 4 rings (SSSR count). The fourth-order valence-electron chi connectivity index (χ4n) is 4.05. The summed E-state index contributed by atoms with van der Waals surface area (Å²) in [7, 11) is -3.59. The lowest BCUT2D eigenvalue weighted by atomic mass is 10.0. The van der Waals surface area contributed by atoms with Gasteiger partial charge in [-0.2, -0.15) is 4.31 Å². The van der Waals surface area contributed by atoms with Gasteiger partial charge in [-0.3, -0.25) is 4.79 Å². The van der Waals surface area contributed by atoms with Crippen molar-refractivity contribution in [1.29, 1.82) is 0 Å². The molecule has 0 spiro atoms. The van der Waals surface area contributed by atoms with E-state index in [0.717, 1.165) is 32.2 Å². The molecule has 2 aliphatic rings. The highest BCUT2D eigenvalue weighted by atomic mass is 32.2. The number of hydrogen-bond acceptors (Lipinski definition) is 5. The lowest BCUT2D eigenvalue weighted by molar-refractivity contribution is 0.0695. The summed E-state index contributed by atoms with van der Waals surface area (Å²) in [5.41, 5.74) is 1.22. The number of sulfonamides is 1. The lowest BCUT2D eigenvalue weighted by Gasteiger charge is -2.33. The van der Waals surface area contributed by atoms with Crippen LogP contribution >= 0.6 is 11.3 Å². The van der Waals surface area contributed by atoms with Crippen molar-refractivity contribution in [2.45, 2.75) is 43.2 Å². The van der Waals surface area contributed by atoms with Gasteiger partial charge in [0.1, 0.15) is 9.77 Å². The summed E-state index contributed by atoms with van der Waals surface area (Å²) in [5.74, 6) is -0.163. The van der Waals surface area contributed by atoms with Gasteiger partial charge in [-0.1, -0.05) is 30.3 Å². The van der Waals surface area contributed by atoms with Crippen molar-refractivity contribution in [3.05, 3.63) is 52.2 Å². The molecule has 2 aromatic rings. The van der Waals surface area contributed by atoms with Crippen molar-refractivity contribution in [2.75, 3.05) is 26.2 Å². The van der Waals surface area contributed by atoms with Crippen LogP contribution in [-0.4, -0.2) is 55.8 Å². The third kappa shape index (κ3) is 4.55. The molecule has 1 atom stereocenters. The second-order valence-corrected chi connectivity index (χ2v) is 10.5. The molecule has 1 aromatic carbocycles. The Hall–Kier alpha value is -1.74. The van der Waals surface area contributed by atoms with Crippen LogP contribution in [0.5, 0.6) is 0 Å². The lowest BCUT2D eigenvalue weighted by Crippen LogP contribution is -2.47. The minimum absolute atomic E-state index is 0.163. The standard InChI is InChI=1S/C21H27N3O3S2/c25-21(20-19(10-14-28-20)29(26,27)24-12-4-5-13-24)23-11-6-9-18(16-23)22-15-17-7-2-1-3-8-17/h1-3,7-8,10,14,18,22H,4-6,9,11-13,15-16H2. The van der Waals surface area contributed by atoms with Gasteiger partial charge in [0.2, 0.25) is 10.0 Å². The molecule has 3 heterocycles. The fraction of sp³-hybridized carbons (Fsp3) is 0.476. The molecule has 0 bridgehead atoms. The van der Waals surface area contributed by atoms with Gasteiger partial charge in [0.05, 0.1) is 0 Å². The van der Waals surface area contributed by atoms with Crippen LogP contribution in [0.15, 0.2) is 46.7 Å². The SMILES string of the molecule is O=C(c1sccc1S(=O)(=O)N1CCCC1)N1CCCC(NCc2ccccc2)C1.